The van der Waals surface area contributed by atoms with Crippen LogP contribution in [0.25, 0.3) is 12.2 Å². The molecule has 0 bridgehead atoms. The SMILES string of the molecule is COC1=CC(F)(C(F)(/C=C\c2ccccc2)S(=O)(=O)C(F)(/C=C\c2ccccc2)C2(F)C=C(OC)C(OC)C(F)(OC)C2(F)F)C(F)(F)C(F)(OC)C1OC. The predicted octanol–water partition coefficient (Wildman–Crippen LogP) is 7.59. The zero-order valence-corrected chi connectivity index (χ0v) is 30.7. The van der Waals surface area contributed by atoms with Gasteiger partial charge >= 0.3 is 23.6 Å². The highest BCUT2D eigenvalue weighted by atomic mass is 32.2. The number of methoxy groups -OCH3 is 6. The van der Waals surface area contributed by atoms with Crippen LogP contribution in [0.15, 0.2) is 96.5 Å². The third-order valence-electron chi connectivity index (χ3n) is 9.53. The quantitative estimate of drug-likeness (QED) is 0.180. The molecule has 55 heavy (non-hydrogen) atoms. The number of alkyl halides is 10. The summed E-state index contributed by atoms with van der Waals surface area (Å²) in [6.45, 7) is 0. The van der Waals surface area contributed by atoms with Crippen LogP contribution < -0.4 is 0 Å². The third-order valence-corrected chi connectivity index (χ3v) is 12.0. The van der Waals surface area contributed by atoms with Gasteiger partial charge in [-0.05, 0) is 23.3 Å². The summed E-state index contributed by atoms with van der Waals surface area (Å²) in [5, 5.41) is -11.8. The van der Waals surface area contributed by atoms with Crippen molar-refractivity contribution in [2.24, 2.45) is 0 Å². The van der Waals surface area contributed by atoms with Gasteiger partial charge in [0.25, 0.3) is 21.3 Å². The molecule has 0 saturated heterocycles. The Hall–Kier alpha value is -3.91. The topological polar surface area (TPSA) is 89.5 Å². The second-order valence-corrected chi connectivity index (χ2v) is 14.5. The van der Waals surface area contributed by atoms with Crippen molar-refractivity contribution in [3.05, 3.63) is 108 Å². The summed E-state index contributed by atoms with van der Waals surface area (Å²) in [6, 6.07) is 12.1. The van der Waals surface area contributed by atoms with Gasteiger partial charge in [0, 0.05) is 40.6 Å². The van der Waals surface area contributed by atoms with Crippen molar-refractivity contribution in [2.75, 3.05) is 42.7 Å². The van der Waals surface area contributed by atoms with Gasteiger partial charge in [0.1, 0.15) is 11.5 Å². The minimum absolute atomic E-state index is 0.225. The lowest BCUT2D eigenvalue weighted by molar-refractivity contribution is -0.353. The lowest BCUT2D eigenvalue weighted by Crippen LogP contribution is -2.78. The highest BCUT2D eigenvalue weighted by Gasteiger charge is 2.90. The van der Waals surface area contributed by atoms with E-state index in [1.807, 2.05) is 0 Å². The Labute approximate surface area is 309 Å². The van der Waals surface area contributed by atoms with Crippen molar-refractivity contribution in [2.45, 2.75) is 57.1 Å². The number of benzene rings is 2. The largest absolute Gasteiger partial charge is 0.498 e. The predicted molar refractivity (Wildman–Crippen MR) is 179 cm³/mol. The molecule has 8 unspecified atom stereocenters. The average molecular weight is 819 g/mol. The fourth-order valence-electron chi connectivity index (χ4n) is 6.44. The molecule has 19 heteroatoms. The van der Waals surface area contributed by atoms with E-state index in [0.29, 0.717) is 40.6 Å². The Morgan fingerprint density at radius 1 is 0.564 bits per heavy atom. The smallest absolute Gasteiger partial charge is 0.350 e. The highest BCUT2D eigenvalue weighted by Crippen LogP contribution is 2.65. The van der Waals surface area contributed by atoms with Crippen molar-refractivity contribution in [1.82, 2.24) is 0 Å². The summed E-state index contributed by atoms with van der Waals surface area (Å²) in [7, 11) is -4.95. The fraction of sp³-hybridized carbons (Fsp3) is 0.444. The Morgan fingerprint density at radius 2 is 0.873 bits per heavy atom. The molecule has 0 radical (unpaired) electrons. The number of rotatable bonds is 14. The molecule has 2 aromatic rings. The van der Waals surface area contributed by atoms with Crippen molar-refractivity contribution in [1.29, 1.82) is 0 Å². The van der Waals surface area contributed by atoms with Gasteiger partial charge in [-0.3, -0.25) is 0 Å². The van der Waals surface area contributed by atoms with E-state index in [9.17, 15) is 8.42 Å². The maximum atomic E-state index is 18.3. The normalized spacial score (nSPS) is 33.0. The maximum absolute atomic E-state index is 18.3. The van der Waals surface area contributed by atoms with E-state index in [-0.39, 0.29) is 25.3 Å². The van der Waals surface area contributed by atoms with Crippen LogP contribution in [0.5, 0.6) is 0 Å². The van der Waals surface area contributed by atoms with Crippen LogP contribution in [0, 0.1) is 0 Å². The first kappa shape index (κ1) is 43.8. The van der Waals surface area contributed by atoms with E-state index in [4.69, 9.17) is 9.47 Å². The van der Waals surface area contributed by atoms with E-state index in [0.717, 1.165) is 24.3 Å². The Kier molecular flexibility index (Phi) is 11.8. The van der Waals surface area contributed by atoms with Gasteiger partial charge in [0.05, 0.1) is 14.2 Å². The van der Waals surface area contributed by atoms with Gasteiger partial charge in [0.15, 0.2) is 12.2 Å². The second kappa shape index (κ2) is 14.9. The summed E-state index contributed by atoms with van der Waals surface area (Å²) in [5.41, 5.74) is -12.2. The van der Waals surface area contributed by atoms with Gasteiger partial charge in [0.2, 0.25) is 9.84 Å². The van der Waals surface area contributed by atoms with Gasteiger partial charge in [-0.2, -0.15) is 17.6 Å². The monoisotopic (exact) mass is 818 g/mol. The number of sulfone groups is 1. The standard InChI is InChI=1S/C36H36F10O8S/c1-49-25-21-29(37,35(43,44)33(41,53-5)27(25)51-3)31(39,19-17-23-13-9-7-10-14-23)55(47,48)32(40,20-18-24-15-11-8-12-16-24)30(38)22-26(50-2)28(52-4)34(42,54-6)36(30,45)46/h7-22,27-28H,1-6H3/b19-17-,20-18-. The highest BCUT2D eigenvalue weighted by molar-refractivity contribution is 7.94. The molecular weight excluding hydrogens is 782 g/mol. The summed E-state index contributed by atoms with van der Waals surface area (Å²) in [4.78, 5) is 0. The van der Waals surface area contributed by atoms with Gasteiger partial charge in [-0.15, -0.1) is 0 Å². The first-order valence-corrected chi connectivity index (χ1v) is 17.3. The first-order chi connectivity index (χ1) is 25.5. The number of hydrogen-bond acceptors (Lipinski definition) is 8. The molecule has 0 aromatic heterocycles. The van der Waals surface area contributed by atoms with Crippen molar-refractivity contribution >= 4 is 22.0 Å². The van der Waals surface area contributed by atoms with Crippen LogP contribution >= 0.6 is 0 Å². The molecule has 2 aliphatic carbocycles. The summed E-state index contributed by atoms with van der Waals surface area (Å²) >= 11 is 0. The number of halogens is 10. The van der Waals surface area contributed by atoms with Crippen LogP contribution in [-0.4, -0.2) is 108 Å². The van der Waals surface area contributed by atoms with Crippen LogP contribution in [0.2, 0.25) is 0 Å². The third kappa shape index (κ3) is 5.90. The van der Waals surface area contributed by atoms with Gasteiger partial charge in [-0.1, -0.05) is 72.8 Å². The molecule has 8 nitrogen and oxygen atoms in total. The summed E-state index contributed by atoms with van der Waals surface area (Å²) in [5.74, 6) is -24.9. The Bertz CT molecular complexity index is 1800. The fourth-order valence-corrected chi connectivity index (χ4v) is 8.53. The first-order valence-electron chi connectivity index (χ1n) is 15.8. The zero-order valence-electron chi connectivity index (χ0n) is 29.8. The van der Waals surface area contributed by atoms with Crippen LogP contribution in [-0.2, 0) is 38.3 Å². The number of ether oxygens (including phenoxy) is 6. The van der Waals surface area contributed by atoms with Crippen LogP contribution in [0.1, 0.15) is 11.1 Å². The van der Waals surface area contributed by atoms with E-state index in [1.54, 1.807) is 0 Å². The average Bonchev–Trinajstić information content (AvgIpc) is 3.17. The number of hydrogen-bond donors (Lipinski definition) is 0. The molecular formula is C36H36F10O8S. The molecule has 4 rings (SSSR count). The molecule has 0 amide bonds. The lowest BCUT2D eigenvalue weighted by Gasteiger charge is -2.53. The molecule has 0 spiro atoms. The Balaban J connectivity index is 2.28. The number of allylic oxidation sites excluding steroid dienone is 2. The molecule has 0 fully saturated rings. The molecule has 2 aromatic carbocycles. The van der Waals surface area contributed by atoms with Crippen molar-refractivity contribution in [3.63, 3.8) is 0 Å². The van der Waals surface area contributed by atoms with Crippen molar-refractivity contribution < 1.29 is 80.7 Å². The van der Waals surface area contributed by atoms with Crippen LogP contribution in [0.4, 0.5) is 43.9 Å². The van der Waals surface area contributed by atoms with E-state index in [2.05, 4.69) is 18.9 Å². The van der Waals surface area contributed by atoms with E-state index < -0.39 is 103 Å². The van der Waals surface area contributed by atoms with Gasteiger partial charge < -0.3 is 28.4 Å². The van der Waals surface area contributed by atoms with Crippen molar-refractivity contribution in [3.8, 4) is 0 Å². The molecule has 0 heterocycles. The molecule has 0 saturated carbocycles. The summed E-state index contributed by atoms with van der Waals surface area (Å²) in [6.07, 6.45) is -7.34. The second-order valence-electron chi connectivity index (χ2n) is 12.3. The molecule has 0 aliphatic heterocycles. The van der Waals surface area contributed by atoms with E-state index in [1.165, 1.54) is 36.4 Å². The molecule has 0 N–H and O–H groups in total. The minimum Gasteiger partial charge on any atom is -0.498 e. The molecule has 8 atom stereocenters. The molecule has 2 aliphatic rings. The lowest BCUT2D eigenvalue weighted by atomic mass is 9.77. The zero-order chi connectivity index (χ0) is 41.5. The summed E-state index contributed by atoms with van der Waals surface area (Å²) < 4.78 is 228. The Morgan fingerprint density at radius 3 is 1.13 bits per heavy atom. The molecule has 304 valence electrons. The van der Waals surface area contributed by atoms with Crippen LogP contribution in [0.3, 0.4) is 0 Å². The maximum Gasteiger partial charge on any atom is 0.350 e. The van der Waals surface area contributed by atoms with Gasteiger partial charge in [-0.25, -0.2) is 34.8 Å². The minimum atomic E-state index is -7.83. The van der Waals surface area contributed by atoms with E-state index >= 15 is 43.9 Å².